The van der Waals surface area contributed by atoms with E-state index >= 15 is 4.39 Å². The largest absolute Gasteiger partial charge is 0.475 e. The molecule has 2 heterocycles. The van der Waals surface area contributed by atoms with Gasteiger partial charge in [-0.2, -0.15) is 4.31 Å². The predicted octanol–water partition coefficient (Wildman–Crippen LogP) is 6.07. The topological polar surface area (TPSA) is 121 Å². The molecule has 4 aromatic rings. The summed E-state index contributed by atoms with van der Waals surface area (Å²) in [6, 6.07) is 18.3. The second kappa shape index (κ2) is 13.1. The van der Waals surface area contributed by atoms with Crippen molar-refractivity contribution in [2.45, 2.75) is 51.2 Å². The van der Waals surface area contributed by atoms with Gasteiger partial charge in [0, 0.05) is 61.5 Å². The van der Waals surface area contributed by atoms with E-state index in [1.807, 2.05) is 35.2 Å². The highest BCUT2D eigenvalue weighted by Gasteiger charge is 2.31. The number of sulfonamides is 1. The summed E-state index contributed by atoms with van der Waals surface area (Å²) in [7, 11) is -4.20. The molecular weight excluding hydrogens is 613 g/mol. The van der Waals surface area contributed by atoms with E-state index in [2.05, 4.69) is 0 Å². The maximum absolute atomic E-state index is 15.6. The molecular formula is C34H38FN3O7S. The number of piperazine rings is 1. The number of benzene rings is 3. The fraction of sp³-hybridized carbons (Fsp3) is 0.353. The first-order valence-electron chi connectivity index (χ1n) is 15.1. The number of aryl methyl sites for hydroxylation is 1. The number of anilines is 1. The van der Waals surface area contributed by atoms with E-state index in [-0.39, 0.29) is 34.9 Å². The molecule has 1 fully saturated rings. The number of nitrogens with zero attached hydrogens (tertiary/aromatic N) is 3. The SMILES string of the molecule is Cc1c(C(=O)O)oc2ccc(S(=O)(=O)N(CCc3ccccc3)Cc3c(F)cccc3N3CCN(C(=O)OC(C)(C)C)CC3)cc12. The van der Waals surface area contributed by atoms with Gasteiger partial charge >= 0.3 is 12.1 Å². The van der Waals surface area contributed by atoms with Crippen LogP contribution in [0.2, 0.25) is 0 Å². The molecule has 5 rings (SSSR count). The van der Waals surface area contributed by atoms with Gasteiger partial charge in [0.15, 0.2) is 0 Å². The molecule has 0 unspecified atom stereocenters. The lowest BCUT2D eigenvalue weighted by Gasteiger charge is -2.38. The van der Waals surface area contributed by atoms with E-state index in [1.165, 1.54) is 28.6 Å². The van der Waals surface area contributed by atoms with Crippen molar-refractivity contribution in [1.29, 1.82) is 0 Å². The first-order chi connectivity index (χ1) is 21.7. The molecule has 1 saturated heterocycles. The third-order valence-corrected chi connectivity index (χ3v) is 9.77. The third-order valence-electron chi connectivity index (χ3n) is 7.93. The Kier molecular flexibility index (Phi) is 9.41. The minimum atomic E-state index is -4.20. The van der Waals surface area contributed by atoms with E-state index < -0.39 is 33.5 Å². The normalized spacial score (nSPS) is 14.2. The van der Waals surface area contributed by atoms with E-state index in [9.17, 15) is 23.1 Å². The van der Waals surface area contributed by atoms with Crippen molar-refractivity contribution in [2.24, 2.45) is 0 Å². The van der Waals surface area contributed by atoms with E-state index in [0.29, 0.717) is 49.2 Å². The van der Waals surface area contributed by atoms with Crippen molar-refractivity contribution in [3.63, 3.8) is 0 Å². The van der Waals surface area contributed by atoms with Crippen molar-refractivity contribution >= 4 is 38.7 Å². The van der Waals surface area contributed by atoms with Gasteiger partial charge in [-0.1, -0.05) is 36.4 Å². The summed E-state index contributed by atoms with van der Waals surface area (Å²) in [5.74, 6) is -2.05. The Morgan fingerprint density at radius 3 is 2.35 bits per heavy atom. The molecule has 0 radical (unpaired) electrons. The summed E-state index contributed by atoms with van der Waals surface area (Å²) in [5.41, 5.74) is 1.64. The zero-order valence-corrected chi connectivity index (χ0v) is 27.1. The second-order valence-electron chi connectivity index (χ2n) is 12.3. The van der Waals surface area contributed by atoms with Crippen LogP contribution in [0.15, 0.2) is 76.0 Å². The van der Waals surface area contributed by atoms with Gasteiger partial charge in [-0.05, 0) is 70.0 Å². The molecule has 244 valence electrons. The van der Waals surface area contributed by atoms with Gasteiger partial charge in [-0.3, -0.25) is 0 Å². The van der Waals surface area contributed by atoms with Crippen LogP contribution in [0.25, 0.3) is 11.0 Å². The first-order valence-corrected chi connectivity index (χ1v) is 16.5. The average Bonchev–Trinajstić information content (AvgIpc) is 3.35. The number of aromatic carboxylic acids is 1. The molecule has 1 amide bonds. The third kappa shape index (κ3) is 7.18. The lowest BCUT2D eigenvalue weighted by molar-refractivity contribution is 0.0240. The lowest BCUT2D eigenvalue weighted by Crippen LogP contribution is -2.50. The van der Waals surface area contributed by atoms with Crippen LogP contribution < -0.4 is 4.90 Å². The molecule has 0 spiro atoms. The van der Waals surface area contributed by atoms with Crippen molar-refractivity contribution in [2.75, 3.05) is 37.6 Å². The number of carbonyl (C=O) groups excluding carboxylic acids is 1. The Morgan fingerprint density at radius 1 is 1.00 bits per heavy atom. The zero-order valence-electron chi connectivity index (χ0n) is 26.3. The van der Waals surface area contributed by atoms with Crippen molar-refractivity contribution in [3.8, 4) is 0 Å². The molecule has 1 aliphatic heterocycles. The zero-order chi connectivity index (χ0) is 33.2. The Labute approximate surface area is 268 Å². The fourth-order valence-corrected chi connectivity index (χ4v) is 6.96. The summed E-state index contributed by atoms with van der Waals surface area (Å²) in [6.45, 7) is 8.35. The predicted molar refractivity (Wildman–Crippen MR) is 172 cm³/mol. The van der Waals surface area contributed by atoms with Crippen molar-refractivity contribution < 1.29 is 36.7 Å². The number of ether oxygens (including phenoxy) is 1. The molecule has 10 nitrogen and oxygen atoms in total. The number of carbonyl (C=O) groups is 2. The molecule has 1 aromatic heterocycles. The minimum Gasteiger partial charge on any atom is -0.475 e. The number of carboxylic acids is 1. The molecule has 12 heteroatoms. The molecule has 3 aromatic carbocycles. The maximum Gasteiger partial charge on any atom is 0.410 e. The Bertz CT molecular complexity index is 1840. The molecule has 0 saturated carbocycles. The van der Waals surface area contributed by atoms with Crippen LogP contribution in [0.1, 0.15) is 48.0 Å². The van der Waals surface area contributed by atoms with Gasteiger partial charge in [0.25, 0.3) is 0 Å². The average molecular weight is 652 g/mol. The van der Waals surface area contributed by atoms with Crippen LogP contribution in [0.3, 0.4) is 0 Å². The van der Waals surface area contributed by atoms with E-state index in [4.69, 9.17) is 9.15 Å². The fourth-order valence-electron chi connectivity index (χ4n) is 5.53. The number of hydrogen-bond acceptors (Lipinski definition) is 7. The Hall–Kier alpha value is -4.42. The van der Waals surface area contributed by atoms with Gasteiger partial charge in [-0.15, -0.1) is 0 Å². The quantitative estimate of drug-likeness (QED) is 0.232. The molecule has 0 aliphatic carbocycles. The summed E-state index contributed by atoms with van der Waals surface area (Å²) in [6.07, 6.45) is -0.0284. The number of hydrogen-bond donors (Lipinski definition) is 1. The summed E-state index contributed by atoms with van der Waals surface area (Å²) in [5, 5.41) is 9.86. The van der Waals surface area contributed by atoms with Crippen molar-refractivity contribution in [1.82, 2.24) is 9.21 Å². The van der Waals surface area contributed by atoms with Crippen molar-refractivity contribution in [3.05, 3.63) is 95.0 Å². The number of amides is 1. The Morgan fingerprint density at radius 2 is 1.70 bits per heavy atom. The minimum absolute atomic E-state index is 0.0576. The highest BCUT2D eigenvalue weighted by molar-refractivity contribution is 7.89. The van der Waals surface area contributed by atoms with Crippen LogP contribution in [-0.2, 0) is 27.7 Å². The molecule has 1 N–H and O–H groups in total. The molecule has 0 atom stereocenters. The van der Waals surface area contributed by atoms with E-state index in [1.54, 1.807) is 44.7 Å². The summed E-state index contributed by atoms with van der Waals surface area (Å²) >= 11 is 0. The smallest absolute Gasteiger partial charge is 0.410 e. The van der Waals surface area contributed by atoms with Gasteiger partial charge in [0.2, 0.25) is 15.8 Å². The van der Waals surface area contributed by atoms with Crippen LogP contribution in [-0.4, -0.2) is 73.1 Å². The molecule has 0 bridgehead atoms. The van der Waals surface area contributed by atoms with Crippen LogP contribution in [0.5, 0.6) is 0 Å². The van der Waals surface area contributed by atoms with Gasteiger partial charge in [0.05, 0.1) is 4.90 Å². The van der Waals surface area contributed by atoms with Gasteiger partial charge < -0.3 is 24.1 Å². The van der Waals surface area contributed by atoms with Crippen LogP contribution in [0, 0.1) is 12.7 Å². The molecule has 46 heavy (non-hydrogen) atoms. The summed E-state index contributed by atoms with van der Waals surface area (Å²) in [4.78, 5) is 27.7. The standard InChI is InChI=1S/C34H38FN3O7S/c1-23-26-21-25(13-14-30(26)44-31(23)32(39)40)46(42,43)38(16-15-24-9-6-5-7-10-24)22-27-28(35)11-8-12-29(27)36-17-19-37(20-18-36)33(41)45-34(2,3)4/h5-14,21H,15-20,22H2,1-4H3,(H,39,40). The van der Waals surface area contributed by atoms with Gasteiger partial charge in [-0.25, -0.2) is 22.4 Å². The number of rotatable bonds is 9. The highest BCUT2D eigenvalue weighted by Crippen LogP contribution is 2.32. The van der Waals surface area contributed by atoms with Crippen LogP contribution >= 0.6 is 0 Å². The first kappa shape index (κ1) is 33.0. The second-order valence-corrected chi connectivity index (χ2v) is 14.2. The molecule has 1 aliphatic rings. The highest BCUT2D eigenvalue weighted by atomic mass is 32.2. The van der Waals surface area contributed by atoms with Gasteiger partial charge in [0.1, 0.15) is 17.0 Å². The lowest BCUT2D eigenvalue weighted by atomic mass is 10.1. The van der Waals surface area contributed by atoms with Crippen LogP contribution in [0.4, 0.5) is 14.9 Å². The Balaban J connectivity index is 1.46. The summed E-state index contributed by atoms with van der Waals surface area (Å²) < 4.78 is 56.4. The number of carboxylic acid groups (broad SMARTS) is 1. The number of halogens is 1. The number of furan rings is 1. The maximum atomic E-state index is 15.6. The van der Waals surface area contributed by atoms with E-state index in [0.717, 1.165) is 5.56 Å². The number of fused-ring (bicyclic) bond motifs is 1. The monoisotopic (exact) mass is 651 g/mol.